The summed E-state index contributed by atoms with van der Waals surface area (Å²) in [4.78, 5) is 12.1. The maximum atomic E-state index is 13.7. The number of rotatable bonds is 3. The molecular weight excluding hydrogens is 299 g/mol. The smallest absolute Gasteiger partial charge is 0.342 e. The molecule has 2 unspecified atom stereocenters. The number of esters is 1. The SMILES string of the molecule is COc1c(C#N)cccc1C(=O)OC1CC(F)(F)CCC1F. The Kier molecular flexibility index (Phi) is 4.59. The van der Waals surface area contributed by atoms with Gasteiger partial charge >= 0.3 is 5.97 Å². The molecule has 1 fully saturated rings. The average molecular weight is 313 g/mol. The largest absolute Gasteiger partial charge is 0.494 e. The number of methoxy groups -OCH3 is 1. The Balaban J connectivity index is 2.21. The average Bonchev–Trinajstić information content (AvgIpc) is 2.49. The molecule has 1 aliphatic rings. The zero-order valence-corrected chi connectivity index (χ0v) is 11.8. The summed E-state index contributed by atoms with van der Waals surface area (Å²) in [5, 5.41) is 8.95. The normalized spacial score (nSPS) is 23.4. The van der Waals surface area contributed by atoms with Crippen molar-refractivity contribution in [2.75, 3.05) is 7.11 Å². The van der Waals surface area contributed by atoms with Gasteiger partial charge in [-0.3, -0.25) is 0 Å². The lowest BCUT2D eigenvalue weighted by atomic mass is 9.92. The number of carbonyl (C=O) groups excluding carboxylic acids is 1. The van der Waals surface area contributed by atoms with Gasteiger partial charge in [-0.25, -0.2) is 18.0 Å². The van der Waals surface area contributed by atoms with Crippen LogP contribution in [-0.4, -0.2) is 31.3 Å². The number of benzene rings is 1. The highest BCUT2D eigenvalue weighted by Crippen LogP contribution is 2.37. The first-order valence-corrected chi connectivity index (χ1v) is 6.68. The minimum absolute atomic E-state index is 0.0204. The van der Waals surface area contributed by atoms with E-state index in [9.17, 15) is 18.0 Å². The molecule has 1 aromatic carbocycles. The Labute approximate surface area is 125 Å². The van der Waals surface area contributed by atoms with Gasteiger partial charge in [-0.05, 0) is 18.6 Å². The number of para-hydroxylation sites is 1. The molecule has 2 atom stereocenters. The van der Waals surface area contributed by atoms with E-state index in [0.717, 1.165) is 0 Å². The van der Waals surface area contributed by atoms with Crippen molar-refractivity contribution in [3.63, 3.8) is 0 Å². The minimum atomic E-state index is -3.05. The number of nitrogens with zero attached hydrogens (tertiary/aromatic N) is 1. The molecule has 0 heterocycles. The van der Waals surface area contributed by atoms with Crippen LogP contribution in [0.25, 0.3) is 0 Å². The third-order valence-corrected chi connectivity index (χ3v) is 3.51. The van der Waals surface area contributed by atoms with Gasteiger partial charge in [0, 0.05) is 6.42 Å². The zero-order chi connectivity index (χ0) is 16.3. The zero-order valence-electron chi connectivity index (χ0n) is 11.8. The van der Waals surface area contributed by atoms with Crippen LogP contribution < -0.4 is 4.74 Å². The summed E-state index contributed by atoms with van der Waals surface area (Å²) >= 11 is 0. The van der Waals surface area contributed by atoms with E-state index in [-0.39, 0.29) is 23.3 Å². The maximum absolute atomic E-state index is 13.7. The highest BCUT2D eigenvalue weighted by atomic mass is 19.3. The van der Waals surface area contributed by atoms with E-state index in [2.05, 4.69) is 0 Å². The number of ether oxygens (including phenoxy) is 2. The van der Waals surface area contributed by atoms with Crippen molar-refractivity contribution in [1.29, 1.82) is 5.26 Å². The van der Waals surface area contributed by atoms with Crippen LogP contribution in [0.15, 0.2) is 18.2 Å². The lowest BCUT2D eigenvalue weighted by Gasteiger charge is -2.31. The molecule has 0 spiro atoms. The first kappa shape index (κ1) is 16.1. The number of halogens is 3. The Morgan fingerprint density at radius 3 is 2.82 bits per heavy atom. The van der Waals surface area contributed by atoms with Gasteiger partial charge in [0.05, 0.1) is 19.1 Å². The Bertz CT molecular complexity index is 613. The molecule has 0 aromatic heterocycles. The summed E-state index contributed by atoms with van der Waals surface area (Å²) in [6.07, 6.45) is -4.91. The number of carbonyl (C=O) groups is 1. The fraction of sp³-hybridized carbons (Fsp3) is 0.467. The molecule has 2 rings (SSSR count). The number of hydrogen-bond donors (Lipinski definition) is 0. The first-order chi connectivity index (χ1) is 10.4. The molecule has 0 N–H and O–H groups in total. The van der Waals surface area contributed by atoms with Crippen molar-refractivity contribution in [1.82, 2.24) is 0 Å². The van der Waals surface area contributed by atoms with Crippen molar-refractivity contribution >= 4 is 5.97 Å². The Morgan fingerprint density at radius 2 is 2.18 bits per heavy atom. The lowest BCUT2D eigenvalue weighted by Crippen LogP contribution is -2.40. The molecule has 1 aromatic rings. The van der Waals surface area contributed by atoms with Crippen molar-refractivity contribution in [3.05, 3.63) is 29.3 Å². The third-order valence-electron chi connectivity index (χ3n) is 3.51. The fourth-order valence-electron chi connectivity index (χ4n) is 2.38. The summed E-state index contributed by atoms with van der Waals surface area (Å²) in [7, 11) is 1.26. The second-order valence-corrected chi connectivity index (χ2v) is 5.06. The molecule has 1 aliphatic carbocycles. The molecule has 118 valence electrons. The molecule has 0 amide bonds. The molecule has 0 bridgehead atoms. The van der Waals surface area contributed by atoms with E-state index < -0.39 is 37.0 Å². The van der Waals surface area contributed by atoms with Crippen molar-refractivity contribution in [2.45, 2.75) is 37.5 Å². The van der Waals surface area contributed by atoms with Crippen LogP contribution in [0.5, 0.6) is 5.75 Å². The van der Waals surface area contributed by atoms with Crippen molar-refractivity contribution in [2.24, 2.45) is 0 Å². The van der Waals surface area contributed by atoms with E-state index in [4.69, 9.17) is 14.7 Å². The molecule has 4 nitrogen and oxygen atoms in total. The van der Waals surface area contributed by atoms with Crippen LogP contribution in [-0.2, 0) is 4.74 Å². The maximum Gasteiger partial charge on any atom is 0.342 e. The highest BCUT2D eigenvalue weighted by molar-refractivity contribution is 5.93. The van der Waals surface area contributed by atoms with Crippen LogP contribution in [0.3, 0.4) is 0 Å². The second kappa shape index (κ2) is 6.26. The molecule has 0 aliphatic heterocycles. The predicted molar refractivity (Wildman–Crippen MR) is 70.6 cm³/mol. The van der Waals surface area contributed by atoms with Gasteiger partial charge in [-0.2, -0.15) is 5.26 Å². The Hall–Kier alpha value is -2.23. The van der Waals surface area contributed by atoms with Gasteiger partial charge in [0.1, 0.15) is 23.9 Å². The summed E-state index contributed by atoms with van der Waals surface area (Å²) in [6, 6.07) is 6.03. The van der Waals surface area contributed by atoms with E-state index in [1.54, 1.807) is 0 Å². The van der Waals surface area contributed by atoms with E-state index in [0.29, 0.717) is 0 Å². The topological polar surface area (TPSA) is 59.3 Å². The Morgan fingerprint density at radius 1 is 1.45 bits per heavy atom. The summed E-state index contributed by atoms with van der Waals surface area (Å²) in [5.74, 6) is -4.06. The lowest BCUT2D eigenvalue weighted by molar-refractivity contribution is -0.108. The highest BCUT2D eigenvalue weighted by Gasteiger charge is 2.44. The van der Waals surface area contributed by atoms with Gasteiger partial charge < -0.3 is 9.47 Å². The van der Waals surface area contributed by atoms with E-state index >= 15 is 0 Å². The summed E-state index contributed by atoms with van der Waals surface area (Å²) in [5.41, 5.74) is 0.00497. The van der Waals surface area contributed by atoms with Gasteiger partial charge in [0.25, 0.3) is 5.92 Å². The van der Waals surface area contributed by atoms with E-state index in [1.807, 2.05) is 6.07 Å². The molecule has 22 heavy (non-hydrogen) atoms. The molecule has 1 saturated carbocycles. The monoisotopic (exact) mass is 313 g/mol. The van der Waals surface area contributed by atoms with Crippen molar-refractivity contribution < 1.29 is 27.4 Å². The number of nitriles is 1. The third kappa shape index (κ3) is 3.32. The predicted octanol–water partition coefficient (Wildman–Crippen LogP) is 3.25. The first-order valence-electron chi connectivity index (χ1n) is 6.68. The minimum Gasteiger partial charge on any atom is -0.494 e. The molecule has 0 radical (unpaired) electrons. The van der Waals surface area contributed by atoms with Crippen LogP contribution in [0.2, 0.25) is 0 Å². The quantitative estimate of drug-likeness (QED) is 0.804. The number of hydrogen-bond acceptors (Lipinski definition) is 4. The van der Waals surface area contributed by atoms with Crippen LogP contribution in [0.1, 0.15) is 35.2 Å². The molecule has 0 saturated heterocycles. The molecule has 7 heteroatoms. The van der Waals surface area contributed by atoms with Crippen LogP contribution in [0.4, 0.5) is 13.2 Å². The van der Waals surface area contributed by atoms with Gasteiger partial charge in [0.2, 0.25) is 0 Å². The molecular formula is C15H14F3NO3. The van der Waals surface area contributed by atoms with Crippen molar-refractivity contribution in [3.8, 4) is 11.8 Å². The number of alkyl halides is 3. The summed E-state index contributed by atoms with van der Waals surface area (Å²) in [6.45, 7) is 0. The second-order valence-electron chi connectivity index (χ2n) is 5.06. The standard InChI is InChI=1S/C15H14F3NO3/c1-21-13-9(8-19)3-2-4-10(13)14(20)22-12-7-15(17,18)6-5-11(12)16/h2-4,11-12H,5-7H2,1H3. The van der Waals surface area contributed by atoms with Crippen LogP contribution in [0, 0.1) is 11.3 Å². The summed E-state index contributed by atoms with van der Waals surface area (Å²) < 4.78 is 50.2. The van der Waals surface area contributed by atoms with E-state index in [1.165, 1.54) is 25.3 Å². The fourth-order valence-corrected chi connectivity index (χ4v) is 2.38. The van der Waals surface area contributed by atoms with Crippen LogP contribution >= 0.6 is 0 Å². The van der Waals surface area contributed by atoms with Gasteiger partial charge in [0.15, 0.2) is 5.75 Å². The van der Waals surface area contributed by atoms with Gasteiger partial charge in [-0.1, -0.05) is 6.07 Å². The van der Waals surface area contributed by atoms with Gasteiger partial charge in [-0.15, -0.1) is 0 Å².